The SMILES string of the molecule is CN(C)c1ccc(CN2Cc3ccccc3OCC2=O)cc1. The summed E-state index contributed by atoms with van der Waals surface area (Å²) in [5.41, 5.74) is 3.33. The molecule has 0 atom stereocenters. The maximum Gasteiger partial charge on any atom is 0.261 e. The van der Waals surface area contributed by atoms with Crippen LogP contribution >= 0.6 is 0 Å². The number of rotatable bonds is 3. The third-order valence-corrected chi connectivity index (χ3v) is 3.86. The van der Waals surface area contributed by atoms with Crippen molar-refractivity contribution in [3.05, 3.63) is 59.7 Å². The molecule has 3 rings (SSSR count). The number of para-hydroxylation sites is 1. The molecule has 0 aromatic heterocycles. The second-order valence-electron chi connectivity index (χ2n) is 5.71. The highest BCUT2D eigenvalue weighted by Gasteiger charge is 2.21. The molecule has 1 aliphatic rings. The third kappa shape index (κ3) is 3.06. The van der Waals surface area contributed by atoms with E-state index in [0.29, 0.717) is 13.1 Å². The van der Waals surface area contributed by atoms with E-state index in [1.165, 1.54) is 0 Å². The van der Waals surface area contributed by atoms with Gasteiger partial charge in [0.15, 0.2) is 6.61 Å². The van der Waals surface area contributed by atoms with Crippen LogP contribution in [-0.2, 0) is 17.9 Å². The van der Waals surface area contributed by atoms with E-state index in [1.807, 2.05) is 43.3 Å². The summed E-state index contributed by atoms with van der Waals surface area (Å²) in [4.78, 5) is 16.2. The molecule has 0 bridgehead atoms. The summed E-state index contributed by atoms with van der Waals surface area (Å²) in [7, 11) is 4.03. The summed E-state index contributed by atoms with van der Waals surface area (Å²) in [5, 5.41) is 0. The van der Waals surface area contributed by atoms with E-state index in [0.717, 1.165) is 22.6 Å². The van der Waals surface area contributed by atoms with E-state index < -0.39 is 0 Å². The highest BCUT2D eigenvalue weighted by Crippen LogP contribution is 2.24. The van der Waals surface area contributed by atoms with Crippen molar-refractivity contribution in [2.24, 2.45) is 0 Å². The van der Waals surface area contributed by atoms with Gasteiger partial charge in [0, 0.05) is 38.4 Å². The number of hydrogen-bond donors (Lipinski definition) is 0. The number of carbonyl (C=O) groups excluding carboxylic acids is 1. The molecular formula is C18H20N2O2. The summed E-state index contributed by atoms with van der Waals surface area (Å²) in [6.45, 7) is 1.29. The van der Waals surface area contributed by atoms with Crippen LogP contribution in [0.2, 0.25) is 0 Å². The molecule has 2 aromatic carbocycles. The van der Waals surface area contributed by atoms with Crippen molar-refractivity contribution in [3.63, 3.8) is 0 Å². The normalized spacial score (nSPS) is 14.1. The number of benzene rings is 2. The lowest BCUT2D eigenvalue weighted by atomic mass is 10.1. The Hall–Kier alpha value is -2.49. The van der Waals surface area contributed by atoms with Gasteiger partial charge < -0.3 is 14.5 Å². The molecule has 0 radical (unpaired) electrons. The van der Waals surface area contributed by atoms with Crippen LogP contribution in [0.15, 0.2) is 48.5 Å². The second kappa shape index (κ2) is 6.10. The second-order valence-corrected chi connectivity index (χ2v) is 5.71. The number of fused-ring (bicyclic) bond motifs is 1. The minimum atomic E-state index is 0.0212. The first kappa shape index (κ1) is 14.4. The molecule has 1 heterocycles. The molecule has 2 aromatic rings. The molecular weight excluding hydrogens is 276 g/mol. The maximum atomic E-state index is 12.3. The van der Waals surface area contributed by atoms with Crippen LogP contribution in [0.3, 0.4) is 0 Å². The molecule has 22 heavy (non-hydrogen) atoms. The van der Waals surface area contributed by atoms with E-state index >= 15 is 0 Å². The molecule has 4 nitrogen and oxygen atoms in total. The third-order valence-electron chi connectivity index (χ3n) is 3.86. The predicted octanol–water partition coefficient (Wildman–Crippen LogP) is 2.67. The van der Waals surface area contributed by atoms with Gasteiger partial charge in [-0.25, -0.2) is 0 Å². The van der Waals surface area contributed by atoms with Crippen LogP contribution in [0.4, 0.5) is 5.69 Å². The Morgan fingerprint density at radius 2 is 1.82 bits per heavy atom. The topological polar surface area (TPSA) is 32.8 Å². The Bertz CT molecular complexity index is 665. The number of carbonyl (C=O) groups is 1. The molecule has 0 spiro atoms. The highest BCUT2D eigenvalue weighted by atomic mass is 16.5. The summed E-state index contributed by atoms with van der Waals surface area (Å²) in [6, 6.07) is 16.1. The van der Waals surface area contributed by atoms with Gasteiger partial charge in [-0.15, -0.1) is 0 Å². The lowest BCUT2D eigenvalue weighted by Gasteiger charge is -2.20. The zero-order valence-electron chi connectivity index (χ0n) is 13.0. The van der Waals surface area contributed by atoms with Crippen LogP contribution in [0, 0.1) is 0 Å². The van der Waals surface area contributed by atoms with E-state index in [2.05, 4.69) is 29.2 Å². The van der Waals surface area contributed by atoms with Gasteiger partial charge in [0.2, 0.25) is 0 Å². The minimum absolute atomic E-state index is 0.0212. The Labute approximate surface area is 130 Å². The van der Waals surface area contributed by atoms with E-state index in [1.54, 1.807) is 0 Å². The Balaban J connectivity index is 1.77. The van der Waals surface area contributed by atoms with Gasteiger partial charge >= 0.3 is 0 Å². The fraction of sp³-hybridized carbons (Fsp3) is 0.278. The van der Waals surface area contributed by atoms with E-state index in [-0.39, 0.29) is 12.5 Å². The van der Waals surface area contributed by atoms with Crippen LogP contribution in [0.5, 0.6) is 5.75 Å². The molecule has 1 amide bonds. The van der Waals surface area contributed by atoms with Gasteiger partial charge in [-0.3, -0.25) is 4.79 Å². The van der Waals surface area contributed by atoms with Crippen molar-refractivity contribution >= 4 is 11.6 Å². The van der Waals surface area contributed by atoms with Crippen LogP contribution in [0.1, 0.15) is 11.1 Å². The quantitative estimate of drug-likeness (QED) is 0.873. The Morgan fingerprint density at radius 1 is 1.09 bits per heavy atom. The first-order valence-electron chi connectivity index (χ1n) is 7.38. The largest absolute Gasteiger partial charge is 0.483 e. The van der Waals surface area contributed by atoms with Crippen LogP contribution < -0.4 is 9.64 Å². The molecule has 1 aliphatic heterocycles. The van der Waals surface area contributed by atoms with E-state index in [9.17, 15) is 4.79 Å². The first-order valence-corrected chi connectivity index (χ1v) is 7.38. The molecule has 114 valence electrons. The number of amides is 1. The Kier molecular flexibility index (Phi) is 4.00. The summed E-state index contributed by atoms with van der Waals surface area (Å²) < 4.78 is 5.58. The first-order chi connectivity index (χ1) is 10.6. The average Bonchev–Trinajstić information content (AvgIpc) is 2.68. The van der Waals surface area contributed by atoms with Gasteiger partial charge in [-0.1, -0.05) is 30.3 Å². The van der Waals surface area contributed by atoms with Crippen molar-refractivity contribution in [1.29, 1.82) is 0 Å². The molecule has 0 saturated carbocycles. The fourth-order valence-electron chi connectivity index (χ4n) is 2.56. The van der Waals surface area contributed by atoms with Crippen LogP contribution in [-0.4, -0.2) is 31.5 Å². The zero-order chi connectivity index (χ0) is 15.5. The smallest absolute Gasteiger partial charge is 0.261 e. The lowest BCUT2D eigenvalue weighted by Crippen LogP contribution is -2.31. The molecule has 0 N–H and O–H groups in total. The molecule has 0 fully saturated rings. The van der Waals surface area contributed by atoms with Gasteiger partial charge in [-0.05, 0) is 23.8 Å². The summed E-state index contributed by atoms with van der Waals surface area (Å²) in [5.74, 6) is 0.828. The van der Waals surface area contributed by atoms with Crippen molar-refractivity contribution in [3.8, 4) is 5.75 Å². The number of anilines is 1. The number of hydrogen-bond acceptors (Lipinski definition) is 3. The standard InChI is InChI=1S/C18H20N2O2/c1-19(2)16-9-7-14(8-10-16)11-20-12-15-5-3-4-6-17(15)22-13-18(20)21/h3-10H,11-13H2,1-2H3. The minimum Gasteiger partial charge on any atom is -0.483 e. The number of ether oxygens (including phenoxy) is 1. The van der Waals surface area contributed by atoms with Gasteiger partial charge in [0.25, 0.3) is 5.91 Å². The van der Waals surface area contributed by atoms with Crippen LogP contribution in [0.25, 0.3) is 0 Å². The van der Waals surface area contributed by atoms with E-state index in [4.69, 9.17) is 4.74 Å². The maximum absolute atomic E-state index is 12.3. The zero-order valence-corrected chi connectivity index (χ0v) is 13.0. The average molecular weight is 296 g/mol. The van der Waals surface area contributed by atoms with Crippen molar-refractivity contribution < 1.29 is 9.53 Å². The number of nitrogens with zero attached hydrogens (tertiary/aromatic N) is 2. The van der Waals surface area contributed by atoms with Gasteiger partial charge in [-0.2, -0.15) is 0 Å². The summed E-state index contributed by atoms with van der Waals surface area (Å²) in [6.07, 6.45) is 0. The predicted molar refractivity (Wildman–Crippen MR) is 87.0 cm³/mol. The van der Waals surface area contributed by atoms with Crippen molar-refractivity contribution in [2.45, 2.75) is 13.1 Å². The highest BCUT2D eigenvalue weighted by molar-refractivity contribution is 5.78. The Morgan fingerprint density at radius 3 is 2.55 bits per heavy atom. The monoisotopic (exact) mass is 296 g/mol. The van der Waals surface area contributed by atoms with Crippen molar-refractivity contribution in [2.75, 3.05) is 25.6 Å². The summed E-state index contributed by atoms with van der Waals surface area (Å²) >= 11 is 0. The fourth-order valence-corrected chi connectivity index (χ4v) is 2.56. The molecule has 0 saturated heterocycles. The molecule has 0 aliphatic carbocycles. The van der Waals surface area contributed by atoms with Crippen molar-refractivity contribution in [1.82, 2.24) is 4.90 Å². The van der Waals surface area contributed by atoms with Gasteiger partial charge in [0.1, 0.15) is 5.75 Å². The lowest BCUT2D eigenvalue weighted by molar-refractivity contribution is -0.133. The van der Waals surface area contributed by atoms with Gasteiger partial charge in [0.05, 0.1) is 0 Å². The molecule has 4 heteroatoms. The molecule has 0 unspecified atom stereocenters.